The summed E-state index contributed by atoms with van der Waals surface area (Å²) in [4.78, 5) is 24.6. The molecular weight excluding hydrogens is 439 g/mol. The lowest BCUT2D eigenvalue weighted by Gasteiger charge is -2.24. The molecule has 0 unspecified atom stereocenters. The first-order valence-electron chi connectivity index (χ1n) is 9.43. The molecule has 1 aliphatic rings. The van der Waals surface area contributed by atoms with Crippen molar-refractivity contribution in [3.63, 3.8) is 0 Å². The van der Waals surface area contributed by atoms with Gasteiger partial charge >= 0.3 is 6.18 Å². The summed E-state index contributed by atoms with van der Waals surface area (Å²) < 4.78 is 68.8. The van der Waals surface area contributed by atoms with Crippen LogP contribution in [0.3, 0.4) is 0 Å². The molecule has 0 spiro atoms. The summed E-state index contributed by atoms with van der Waals surface area (Å²) in [5.74, 6) is -2.20. The van der Waals surface area contributed by atoms with Crippen molar-refractivity contribution >= 4 is 27.5 Å². The van der Waals surface area contributed by atoms with Crippen LogP contribution >= 0.6 is 0 Å². The Kier molecular flexibility index (Phi) is 6.70. The van der Waals surface area contributed by atoms with E-state index in [1.165, 1.54) is 40.7 Å². The molecule has 8 nitrogen and oxygen atoms in total. The number of piperidine rings is 1. The van der Waals surface area contributed by atoms with Crippen LogP contribution in [0.4, 0.5) is 18.9 Å². The second-order valence-corrected chi connectivity index (χ2v) is 8.75. The minimum Gasteiger partial charge on any atom is -0.438 e. The van der Waals surface area contributed by atoms with Gasteiger partial charge in [0.15, 0.2) is 5.76 Å². The summed E-state index contributed by atoms with van der Waals surface area (Å²) in [5.41, 5.74) is -0.239. The molecular formula is C19H20F3N3O5S. The van der Waals surface area contributed by atoms with Crippen molar-refractivity contribution in [1.29, 1.82) is 0 Å². The molecule has 1 aromatic carbocycles. The third kappa shape index (κ3) is 5.64. The van der Waals surface area contributed by atoms with Gasteiger partial charge in [0.2, 0.25) is 5.09 Å². The molecule has 1 fully saturated rings. The van der Waals surface area contributed by atoms with Crippen molar-refractivity contribution in [3.05, 3.63) is 47.7 Å². The van der Waals surface area contributed by atoms with Gasteiger partial charge in [-0.25, -0.2) is 8.42 Å². The minimum absolute atomic E-state index is 0.0518. The maximum absolute atomic E-state index is 12.6. The summed E-state index contributed by atoms with van der Waals surface area (Å²) in [7, 11) is -3.87. The number of nitrogens with zero attached hydrogens (tertiary/aromatic N) is 1. The van der Waals surface area contributed by atoms with Crippen molar-refractivity contribution in [1.82, 2.24) is 9.62 Å². The number of amides is 2. The van der Waals surface area contributed by atoms with Gasteiger partial charge < -0.3 is 15.1 Å². The molecule has 0 bridgehead atoms. The molecule has 2 heterocycles. The molecule has 2 aromatic rings. The number of benzene rings is 1. The zero-order valence-electron chi connectivity index (χ0n) is 16.2. The van der Waals surface area contributed by atoms with Gasteiger partial charge in [-0.2, -0.15) is 17.5 Å². The molecule has 1 saturated heterocycles. The lowest BCUT2D eigenvalue weighted by molar-refractivity contribution is -0.123. The second kappa shape index (κ2) is 9.10. The fourth-order valence-electron chi connectivity index (χ4n) is 3.06. The first kappa shape index (κ1) is 22.8. The number of alkyl halides is 3. The Labute approximate surface area is 176 Å². The van der Waals surface area contributed by atoms with Gasteiger partial charge in [0, 0.05) is 13.1 Å². The molecule has 0 atom stereocenters. The highest BCUT2D eigenvalue weighted by Gasteiger charge is 2.30. The van der Waals surface area contributed by atoms with Gasteiger partial charge in [-0.1, -0.05) is 18.6 Å². The van der Waals surface area contributed by atoms with E-state index in [0.717, 1.165) is 19.3 Å². The maximum atomic E-state index is 12.6. The van der Waals surface area contributed by atoms with E-state index in [0.29, 0.717) is 13.1 Å². The van der Waals surface area contributed by atoms with Crippen LogP contribution in [-0.4, -0.2) is 50.3 Å². The number of carbonyl (C=O) groups is 2. The van der Waals surface area contributed by atoms with E-state index in [4.69, 9.17) is 4.42 Å². The zero-order chi connectivity index (χ0) is 22.6. The number of para-hydroxylation sites is 1. The lowest BCUT2D eigenvalue weighted by Crippen LogP contribution is -2.35. The number of hydrogen-bond acceptors (Lipinski definition) is 5. The van der Waals surface area contributed by atoms with Gasteiger partial charge in [-0.05, 0) is 37.1 Å². The molecule has 0 radical (unpaired) electrons. The summed E-state index contributed by atoms with van der Waals surface area (Å²) in [6.45, 7) is -0.792. The number of nitrogens with one attached hydrogen (secondary N) is 2. The predicted octanol–water partition coefficient (Wildman–Crippen LogP) is 3.00. The first-order valence-corrected chi connectivity index (χ1v) is 10.9. The highest BCUT2D eigenvalue weighted by atomic mass is 32.2. The molecule has 2 amide bonds. The van der Waals surface area contributed by atoms with Crippen LogP contribution in [0.5, 0.6) is 0 Å². The standard InChI is InChI=1S/C19H20F3N3O5S/c20-19(21,22)12-23-17(26)13-6-2-3-7-14(13)24-18(27)15-8-9-16(30-15)31(28,29)25-10-4-1-5-11-25/h2-3,6-9H,1,4-5,10-12H2,(H,23,26)(H,24,27). The third-order valence-corrected chi connectivity index (χ3v) is 6.36. The molecule has 0 saturated carbocycles. The highest BCUT2D eigenvalue weighted by Crippen LogP contribution is 2.24. The quantitative estimate of drug-likeness (QED) is 0.690. The van der Waals surface area contributed by atoms with Crippen LogP contribution in [0.2, 0.25) is 0 Å². The van der Waals surface area contributed by atoms with Crippen molar-refractivity contribution < 1.29 is 35.6 Å². The van der Waals surface area contributed by atoms with Crippen LogP contribution in [0.1, 0.15) is 40.2 Å². The average Bonchev–Trinajstić information content (AvgIpc) is 3.24. The molecule has 1 aromatic heterocycles. The van der Waals surface area contributed by atoms with Crippen LogP contribution in [0, 0.1) is 0 Å². The van der Waals surface area contributed by atoms with Crippen LogP contribution < -0.4 is 10.6 Å². The summed E-state index contributed by atoms with van der Waals surface area (Å²) >= 11 is 0. The Morgan fingerprint density at radius 3 is 2.35 bits per heavy atom. The fourth-order valence-corrected chi connectivity index (χ4v) is 4.49. The largest absolute Gasteiger partial charge is 0.438 e. The average molecular weight is 459 g/mol. The van der Waals surface area contributed by atoms with E-state index >= 15 is 0 Å². The van der Waals surface area contributed by atoms with Crippen LogP contribution in [0.25, 0.3) is 0 Å². The van der Waals surface area contributed by atoms with E-state index in [2.05, 4.69) is 5.32 Å². The van der Waals surface area contributed by atoms with E-state index in [1.807, 2.05) is 0 Å². The van der Waals surface area contributed by atoms with E-state index in [9.17, 15) is 31.2 Å². The third-order valence-electron chi connectivity index (χ3n) is 4.58. The second-order valence-electron chi connectivity index (χ2n) is 6.88. The van der Waals surface area contributed by atoms with Gasteiger partial charge in [0.05, 0.1) is 11.3 Å². The summed E-state index contributed by atoms with van der Waals surface area (Å²) in [5, 5.41) is 3.72. The topological polar surface area (TPSA) is 109 Å². The summed E-state index contributed by atoms with van der Waals surface area (Å²) in [6, 6.07) is 7.82. The smallest absolute Gasteiger partial charge is 0.405 e. The maximum Gasteiger partial charge on any atom is 0.405 e. The molecule has 168 valence electrons. The highest BCUT2D eigenvalue weighted by molar-refractivity contribution is 7.89. The minimum atomic E-state index is -4.59. The van der Waals surface area contributed by atoms with Gasteiger partial charge in [0.1, 0.15) is 6.54 Å². The Morgan fingerprint density at radius 2 is 1.68 bits per heavy atom. The molecule has 12 heteroatoms. The molecule has 3 rings (SSSR count). The van der Waals surface area contributed by atoms with Gasteiger partial charge in [-0.3, -0.25) is 9.59 Å². The number of hydrogen-bond donors (Lipinski definition) is 2. The van der Waals surface area contributed by atoms with Gasteiger partial charge in [-0.15, -0.1) is 0 Å². The number of halogens is 3. The SMILES string of the molecule is O=C(Nc1ccccc1C(=O)NCC(F)(F)F)c1ccc(S(=O)(=O)N2CCCCC2)o1. The Hall–Kier alpha value is -2.86. The van der Waals surface area contributed by atoms with Gasteiger partial charge in [0.25, 0.3) is 21.8 Å². The van der Waals surface area contributed by atoms with Crippen molar-refractivity contribution in [2.45, 2.75) is 30.5 Å². The number of carbonyl (C=O) groups excluding carboxylic acids is 2. The number of sulfonamides is 1. The van der Waals surface area contributed by atoms with Crippen molar-refractivity contribution in [2.24, 2.45) is 0 Å². The van der Waals surface area contributed by atoms with E-state index in [-0.39, 0.29) is 22.1 Å². The van der Waals surface area contributed by atoms with Crippen LogP contribution in [-0.2, 0) is 10.0 Å². The predicted molar refractivity (Wildman–Crippen MR) is 104 cm³/mol. The lowest BCUT2D eigenvalue weighted by atomic mass is 10.1. The van der Waals surface area contributed by atoms with E-state index < -0.39 is 34.6 Å². The monoisotopic (exact) mass is 459 g/mol. The van der Waals surface area contributed by atoms with Crippen molar-refractivity contribution in [2.75, 3.05) is 25.0 Å². The number of anilines is 1. The van der Waals surface area contributed by atoms with Crippen LogP contribution in [0.15, 0.2) is 45.9 Å². The Bertz CT molecular complexity index is 1060. The number of furan rings is 1. The van der Waals surface area contributed by atoms with Crippen molar-refractivity contribution in [3.8, 4) is 0 Å². The first-order chi connectivity index (χ1) is 14.6. The zero-order valence-corrected chi connectivity index (χ0v) is 17.1. The number of rotatable bonds is 6. The van der Waals surface area contributed by atoms with E-state index in [1.54, 1.807) is 5.32 Å². The molecule has 0 aliphatic carbocycles. The Morgan fingerprint density at radius 1 is 1.00 bits per heavy atom. The summed E-state index contributed by atoms with van der Waals surface area (Å²) in [6.07, 6.45) is -2.17. The fraction of sp³-hybridized carbons (Fsp3) is 0.368. The Balaban J connectivity index is 1.74. The molecule has 1 aliphatic heterocycles. The molecule has 2 N–H and O–H groups in total. The molecule has 31 heavy (non-hydrogen) atoms. The normalized spacial score (nSPS) is 15.5.